The number of carbonyl (C=O) groups excluding carboxylic acids is 1. The molecule has 1 amide bonds. The Morgan fingerprint density at radius 1 is 1.24 bits per heavy atom. The summed E-state index contributed by atoms with van der Waals surface area (Å²) in [4.78, 5) is 25.3. The van der Waals surface area contributed by atoms with Crippen LogP contribution in [0.4, 0.5) is 5.69 Å². The number of rotatable bonds is 4. The average molecular weight is 303 g/mol. The molecule has 5 heteroatoms. The highest BCUT2D eigenvalue weighted by Gasteiger charge is 2.17. The van der Waals surface area contributed by atoms with E-state index in [1.54, 1.807) is 19.1 Å². The third kappa shape index (κ3) is 3.13. The minimum Gasteiger partial charge on any atom is -0.478 e. The Morgan fingerprint density at radius 2 is 1.95 bits per heavy atom. The van der Waals surface area contributed by atoms with Crippen molar-refractivity contribution in [2.24, 2.45) is 0 Å². The van der Waals surface area contributed by atoms with E-state index in [0.29, 0.717) is 10.6 Å². The lowest BCUT2D eigenvalue weighted by Gasteiger charge is -2.10. The largest absolute Gasteiger partial charge is 0.478 e. The molecule has 1 aromatic heterocycles. The molecule has 4 nitrogen and oxygen atoms in total. The molecule has 21 heavy (non-hydrogen) atoms. The highest BCUT2D eigenvalue weighted by atomic mass is 32.1. The zero-order valence-electron chi connectivity index (χ0n) is 12.2. The van der Waals surface area contributed by atoms with Gasteiger partial charge in [-0.05, 0) is 43.5 Å². The molecule has 0 unspecified atom stereocenters. The van der Waals surface area contributed by atoms with Gasteiger partial charge in [0.05, 0.1) is 16.1 Å². The fourth-order valence-corrected chi connectivity index (χ4v) is 3.18. The zero-order valence-corrected chi connectivity index (χ0v) is 13.0. The summed E-state index contributed by atoms with van der Waals surface area (Å²) in [5.41, 5.74) is 2.29. The molecule has 0 saturated carbocycles. The van der Waals surface area contributed by atoms with Crippen LogP contribution in [0.3, 0.4) is 0 Å². The number of hydrogen-bond acceptors (Lipinski definition) is 3. The first-order valence-electron chi connectivity index (χ1n) is 6.67. The van der Waals surface area contributed by atoms with E-state index in [0.717, 1.165) is 17.5 Å². The Kier molecular flexibility index (Phi) is 4.43. The molecular weight excluding hydrogens is 286 g/mol. The number of carboxylic acid groups (broad SMARTS) is 1. The summed E-state index contributed by atoms with van der Waals surface area (Å²) in [6, 6.07) is 6.78. The van der Waals surface area contributed by atoms with Crippen molar-refractivity contribution in [1.82, 2.24) is 0 Å². The number of aromatic carboxylic acids is 1. The molecule has 2 rings (SSSR count). The van der Waals surface area contributed by atoms with Crippen LogP contribution in [0.2, 0.25) is 0 Å². The van der Waals surface area contributed by atoms with E-state index < -0.39 is 5.97 Å². The smallest absolute Gasteiger partial charge is 0.337 e. The molecule has 1 heterocycles. The van der Waals surface area contributed by atoms with Crippen LogP contribution in [0, 0.1) is 13.8 Å². The maximum absolute atomic E-state index is 12.3. The monoisotopic (exact) mass is 303 g/mol. The van der Waals surface area contributed by atoms with Gasteiger partial charge in [0, 0.05) is 4.88 Å². The number of aryl methyl sites for hydroxylation is 3. The number of nitrogens with one attached hydrogen (secondary N) is 1. The summed E-state index contributed by atoms with van der Waals surface area (Å²) in [6.45, 7) is 5.80. The number of thiophene rings is 1. The number of anilines is 1. The summed E-state index contributed by atoms with van der Waals surface area (Å²) in [5.74, 6) is -1.31. The Labute approximate surface area is 127 Å². The number of benzene rings is 1. The van der Waals surface area contributed by atoms with Crippen molar-refractivity contribution >= 4 is 28.9 Å². The SMILES string of the molecule is CCc1sc(C(=O)Nc2c(C)cccc2C(=O)O)cc1C. The van der Waals surface area contributed by atoms with E-state index in [9.17, 15) is 14.7 Å². The molecule has 2 N–H and O–H groups in total. The van der Waals surface area contributed by atoms with Gasteiger partial charge in [0.25, 0.3) is 5.91 Å². The lowest BCUT2D eigenvalue weighted by molar-refractivity contribution is 0.0698. The van der Waals surface area contributed by atoms with Crippen molar-refractivity contribution in [2.45, 2.75) is 27.2 Å². The maximum Gasteiger partial charge on any atom is 0.337 e. The highest BCUT2D eigenvalue weighted by molar-refractivity contribution is 7.14. The highest BCUT2D eigenvalue weighted by Crippen LogP contribution is 2.25. The Morgan fingerprint density at radius 3 is 2.52 bits per heavy atom. The number of hydrogen-bond donors (Lipinski definition) is 2. The van der Waals surface area contributed by atoms with Crippen molar-refractivity contribution in [1.29, 1.82) is 0 Å². The van der Waals surface area contributed by atoms with Crippen LogP contribution in [0.15, 0.2) is 24.3 Å². The summed E-state index contributed by atoms with van der Waals surface area (Å²) < 4.78 is 0. The standard InChI is InChI=1S/C16H17NO3S/c1-4-12-10(3)8-13(21-12)15(18)17-14-9(2)6-5-7-11(14)16(19)20/h5-8H,4H2,1-3H3,(H,17,18)(H,19,20). The van der Waals surface area contributed by atoms with Crippen LogP contribution >= 0.6 is 11.3 Å². The van der Waals surface area contributed by atoms with E-state index >= 15 is 0 Å². The molecular formula is C16H17NO3S. The van der Waals surface area contributed by atoms with E-state index in [2.05, 4.69) is 5.32 Å². The van der Waals surface area contributed by atoms with Gasteiger partial charge < -0.3 is 10.4 Å². The lowest BCUT2D eigenvalue weighted by atomic mass is 10.1. The van der Waals surface area contributed by atoms with Crippen molar-refractivity contribution in [2.75, 3.05) is 5.32 Å². The van der Waals surface area contributed by atoms with Gasteiger partial charge in [0.15, 0.2) is 0 Å². The van der Waals surface area contributed by atoms with Crippen LogP contribution < -0.4 is 5.32 Å². The second-order valence-electron chi connectivity index (χ2n) is 4.83. The third-order valence-electron chi connectivity index (χ3n) is 3.31. The molecule has 1 aromatic carbocycles. The normalized spacial score (nSPS) is 10.4. The summed E-state index contributed by atoms with van der Waals surface area (Å²) in [6.07, 6.45) is 0.883. The first-order valence-corrected chi connectivity index (χ1v) is 7.49. The van der Waals surface area contributed by atoms with Crippen molar-refractivity contribution < 1.29 is 14.7 Å². The van der Waals surface area contributed by atoms with Gasteiger partial charge in [-0.25, -0.2) is 4.79 Å². The van der Waals surface area contributed by atoms with Gasteiger partial charge in [-0.15, -0.1) is 11.3 Å². The minimum atomic E-state index is -1.05. The Bertz CT molecular complexity index is 704. The van der Waals surface area contributed by atoms with Crippen molar-refractivity contribution in [3.8, 4) is 0 Å². The number of carboxylic acids is 1. The lowest BCUT2D eigenvalue weighted by Crippen LogP contribution is -2.14. The second kappa shape index (κ2) is 6.10. The van der Waals surface area contributed by atoms with Gasteiger partial charge in [0.1, 0.15) is 0 Å². The second-order valence-corrected chi connectivity index (χ2v) is 5.96. The molecule has 0 atom stereocenters. The van der Waals surface area contributed by atoms with Crippen LogP contribution in [-0.4, -0.2) is 17.0 Å². The molecule has 2 aromatic rings. The van der Waals surface area contributed by atoms with Crippen molar-refractivity contribution in [3.05, 3.63) is 50.7 Å². The third-order valence-corrected chi connectivity index (χ3v) is 4.69. The molecule has 0 fully saturated rings. The Balaban J connectivity index is 2.33. The van der Waals surface area contributed by atoms with Gasteiger partial charge in [0.2, 0.25) is 0 Å². The predicted molar refractivity (Wildman–Crippen MR) is 84.5 cm³/mol. The molecule has 0 saturated heterocycles. The minimum absolute atomic E-state index is 0.104. The molecule has 0 spiro atoms. The van der Waals surface area contributed by atoms with Crippen molar-refractivity contribution in [3.63, 3.8) is 0 Å². The van der Waals surface area contributed by atoms with E-state index in [4.69, 9.17) is 0 Å². The fourth-order valence-electron chi connectivity index (χ4n) is 2.17. The van der Waals surface area contributed by atoms with Gasteiger partial charge in [-0.2, -0.15) is 0 Å². The fraction of sp³-hybridized carbons (Fsp3) is 0.250. The summed E-state index contributed by atoms with van der Waals surface area (Å²) in [7, 11) is 0. The summed E-state index contributed by atoms with van der Waals surface area (Å²) >= 11 is 1.45. The summed E-state index contributed by atoms with van der Waals surface area (Å²) in [5, 5.41) is 11.9. The molecule has 0 aliphatic rings. The van der Waals surface area contributed by atoms with E-state index in [1.807, 2.05) is 19.9 Å². The molecule has 110 valence electrons. The van der Waals surface area contributed by atoms with Crippen LogP contribution in [0.1, 0.15) is 43.0 Å². The molecule has 0 aliphatic heterocycles. The molecule has 0 bridgehead atoms. The number of para-hydroxylation sites is 1. The zero-order chi connectivity index (χ0) is 15.6. The van der Waals surface area contributed by atoms with Crippen LogP contribution in [-0.2, 0) is 6.42 Å². The quantitative estimate of drug-likeness (QED) is 0.900. The van der Waals surface area contributed by atoms with Gasteiger partial charge in [-0.1, -0.05) is 19.1 Å². The maximum atomic E-state index is 12.3. The number of amides is 1. The van der Waals surface area contributed by atoms with Crippen LogP contribution in [0.25, 0.3) is 0 Å². The Hall–Kier alpha value is -2.14. The first-order chi connectivity index (χ1) is 9.93. The van der Waals surface area contributed by atoms with Gasteiger partial charge >= 0.3 is 5.97 Å². The topological polar surface area (TPSA) is 66.4 Å². The van der Waals surface area contributed by atoms with E-state index in [-0.39, 0.29) is 11.5 Å². The first kappa shape index (κ1) is 15.3. The molecule has 0 aliphatic carbocycles. The van der Waals surface area contributed by atoms with Gasteiger partial charge in [-0.3, -0.25) is 4.79 Å². The predicted octanol–water partition coefficient (Wildman–Crippen LogP) is 3.88. The number of carbonyl (C=O) groups is 2. The molecule has 0 radical (unpaired) electrons. The average Bonchev–Trinajstić information content (AvgIpc) is 2.82. The van der Waals surface area contributed by atoms with E-state index in [1.165, 1.54) is 22.3 Å². The van der Waals surface area contributed by atoms with Crippen LogP contribution in [0.5, 0.6) is 0 Å².